The molecule has 6 nitrogen and oxygen atoms in total. The third-order valence-corrected chi connectivity index (χ3v) is 6.18. The first-order valence-electron chi connectivity index (χ1n) is 6.28. The molecule has 0 bridgehead atoms. The van der Waals surface area contributed by atoms with Gasteiger partial charge in [-0.1, -0.05) is 15.9 Å². The summed E-state index contributed by atoms with van der Waals surface area (Å²) in [7, 11) is -3.82. The second-order valence-electron chi connectivity index (χ2n) is 4.97. The highest BCUT2D eigenvalue weighted by molar-refractivity contribution is 9.11. The maximum Gasteiger partial charge on any atom is 0.243 e. The zero-order chi connectivity index (χ0) is 15.7. The molecule has 1 aliphatic rings. The van der Waals surface area contributed by atoms with Crippen molar-refractivity contribution < 1.29 is 18.3 Å². The molecule has 0 spiro atoms. The van der Waals surface area contributed by atoms with Crippen LogP contribution in [0.4, 0.5) is 5.69 Å². The van der Waals surface area contributed by atoms with Crippen LogP contribution in [0.1, 0.15) is 12.8 Å². The molecule has 0 atom stereocenters. The van der Waals surface area contributed by atoms with Gasteiger partial charge in [-0.3, -0.25) is 0 Å². The summed E-state index contributed by atoms with van der Waals surface area (Å²) in [6.07, 6.45) is 0.791. The molecule has 0 aliphatic carbocycles. The van der Waals surface area contributed by atoms with E-state index in [1.54, 1.807) is 6.07 Å². The quantitative estimate of drug-likeness (QED) is 0.613. The van der Waals surface area contributed by atoms with Crippen LogP contribution in [0.15, 0.2) is 26.0 Å². The van der Waals surface area contributed by atoms with Crippen molar-refractivity contribution in [3.63, 3.8) is 0 Å². The minimum absolute atomic E-state index is 0.0265. The molecule has 1 heterocycles. The van der Waals surface area contributed by atoms with Gasteiger partial charge in [0.15, 0.2) is 0 Å². The van der Waals surface area contributed by atoms with E-state index in [9.17, 15) is 13.5 Å². The molecule has 0 saturated carbocycles. The van der Waals surface area contributed by atoms with E-state index in [4.69, 9.17) is 10.5 Å². The van der Waals surface area contributed by atoms with Crippen molar-refractivity contribution in [2.75, 3.05) is 25.5 Å². The molecule has 4 N–H and O–H groups in total. The van der Waals surface area contributed by atoms with E-state index in [1.165, 1.54) is 6.07 Å². The van der Waals surface area contributed by atoms with Crippen molar-refractivity contribution >= 4 is 47.6 Å². The number of nitrogens with two attached hydrogens (primary N) is 1. The molecule has 1 saturated heterocycles. The topological polar surface area (TPSA) is 102 Å². The number of hydrogen-bond donors (Lipinski definition) is 3. The fraction of sp³-hybridized carbons (Fsp3) is 0.500. The SMILES string of the molecule is Nc1cc(Br)cc(Br)c1S(=O)(=O)NCC1(O)CCOCC1. The molecule has 21 heavy (non-hydrogen) atoms. The summed E-state index contributed by atoms with van der Waals surface area (Å²) in [6, 6.07) is 3.12. The van der Waals surface area contributed by atoms with Crippen molar-refractivity contribution in [2.24, 2.45) is 0 Å². The summed E-state index contributed by atoms with van der Waals surface area (Å²) in [5.41, 5.74) is 4.83. The first-order valence-corrected chi connectivity index (χ1v) is 9.35. The van der Waals surface area contributed by atoms with E-state index in [0.29, 0.717) is 35.0 Å². The van der Waals surface area contributed by atoms with E-state index in [2.05, 4.69) is 36.6 Å². The lowest BCUT2D eigenvalue weighted by atomic mass is 9.95. The van der Waals surface area contributed by atoms with Crippen LogP contribution in [0.5, 0.6) is 0 Å². The van der Waals surface area contributed by atoms with Crippen molar-refractivity contribution in [1.82, 2.24) is 4.72 Å². The zero-order valence-electron chi connectivity index (χ0n) is 11.1. The molecule has 0 radical (unpaired) electrons. The average Bonchev–Trinajstić information content (AvgIpc) is 2.36. The fourth-order valence-corrected chi connectivity index (χ4v) is 5.28. The number of benzene rings is 1. The van der Waals surface area contributed by atoms with Crippen LogP contribution < -0.4 is 10.5 Å². The van der Waals surface area contributed by atoms with Gasteiger partial charge in [-0.05, 0) is 28.1 Å². The molecule has 9 heteroatoms. The molecule has 2 rings (SSSR count). The number of anilines is 1. The van der Waals surface area contributed by atoms with Crippen molar-refractivity contribution in [1.29, 1.82) is 0 Å². The van der Waals surface area contributed by atoms with Gasteiger partial charge in [0, 0.05) is 41.5 Å². The molecular formula is C12H16Br2N2O4S. The molecule has 1 aromatic carbocycles. The number of sulfonamides is 1. The van der Waals surface area contributed by atoms with E-state index in [-0.39, 0.29) is 17.1 Å². The van der Waals surface area contributed by atoms with Gasteiger partial charge in [0.2, 0.25) is 10.0 Å². The van der Waals surface area contributed by atoms with Gasteiger partial charge in [-0.25, -0.2) is 13.1 Å². The second kappa shape index (κ2) is 6.51. The predicted octanol–water partition coefficient (Wildman–Crippen LogP) is 1.61. The molecule has 1 aliphatic heterocycles. The van der Waals surface area contributed by atoms with Crippen molar-refractivity contribution in [2.45, 2.75) is 23.3 Å². The lowest BCUT2D eigenvalue weighted by Crippen LogP contribution is -2.46. The molecule has 1 fully saturated rings. The van der Waals surface area contributed by atoms with E-state index in [0.717, 1.165) is 0 Å². The summed E-state index contributed by atoms with van der Waals surface area (Å²) in [4.78, 5) is -0.0265. The highest BCUT2D eigenvalue weighted by Crippen LogP contribution is 2.31. The Morgan fingerprint density at radius 3 is 2.52 bits per heavy atom. The first-order chi connectivity index (χ1) is 9.73. The number of halogens is 2. The van der Waals surface area contributed by atoms with Crippen LogP contribution in [0, 0.1) is 0 Å². The number of nitrogens with one attached hydrogen (secondary N) is 1. The maximum atomic E-state index is 12.4. The zero-order valence-corrected chi connectivity index (χ0v) is 15.1. The van der Waals surface area contributed by atoms with Crippen LogP contribution in [0.2, 0.25) is 0 Å². The number of nitrogen functional groups attached to an aromatic ring is 1. The van der Waals surface area contributed by atoms with Gasteiger partial charge in [0.1, 0.15) is 4.90 Å². The Bertz CT molecular complexity index is 607. The fourth-order valence-electron chi connectivity index (χ4n) is 2.09. The standard InChI is InChI=1S/C12H16Br2N2O4S/c13-8-5-9(14)11(10(15)6-8)21(18,19)16-7-12(17)1-3-20-4-2-12/h5-6,16-17H,1-4,7,15H2. The van der Waals surface area contributed by atoms with Gasteiger partial charge >= 0.3 is 0 Å². The second-order valence-corrected chi connectivity index (χ2v) is 8.44. The van der Waals surface area contributed by atoms with Gasteiger partial charge in [0.25, 0.3) is 0 Å². The van der Waals surface area contributed by atoms with Crippen LogP contribution in [-0.4, -0.2) is 38.9 Å². The van der Waals surface area contributed by atoms with E-state index >= 15 is 0 Å². The Morgan fingerprint density at radius 2 is 1.95 bits per heavy atom. The summed E-state index contributed by atoms with van der Waals surface area (Å²) < 4.78 is 33.4. The average molecular weight is 444 g/mol. The Kier molecular flexibility index (Phi) is 5.32. The van der Waals surface area contributed by atoms with Gasteiger partial charge in [-0.2, -0.15) is 0 Å². The third kappa shape index (κ3) is 4.17. The minimum atomic E-state index is -3.82. The molecule has 1 aromatic rings. The monoisotopic (exact) mass is 442 g/mol. The van der Waals surface area contributed by atoms with Gasteiger partial charge in [-0.15, -0.1) is 0 Å². The van der Waals surface area contributed by atoms with E-state index in [1.807, 2.05) is 0 Å². The van der Waals surface area contributed by atoms with Crippen LogP contribution in [0.25, 0.3) is 0 Å². The third-order valence-electron chi connectivity index (χ3n) is 3.32. The lowest BCUT2D eigenvalue weighted by Gasteiger charge is -2.32. The molecule has 118 valence electrons. The van der Waals surface area contributed by atoms with Crippen molar-refractivity contribution in [3.05, 3.63) is 21.1 Å². The first kappa shape index (κ1) is 17.2. The molecule has 0 amide bonds. The van der Waals surface area contributed by atoms with E-state index < -0.39 is 15.6 Å². The summed E-state index contributed by atoms with van der Waals surface area (Å²) in [6.45, 7) is 0.769. The normalized spacial score (nSPS) is 18.6. The highest BCUT2D eigenvalue weighted by Gasteiger charge is 2.32. The number of hydrogen-bond acceptors (Lipinski definition) is 5. The van der Waals surface area contributed by atoms with Crippen LogP contribution >= 0.6 is 31.9 Å². The number of aliphatic hydroxyl groups is 1. The van der Waals surface area contributed by atoms with Crippen LogP contribution in [-0.2, 0) is 14.8 Å². The smallest absolute Gasteiger partial charge is 0.243 e. The molecule has 0 aromatic heterocycles. The van der Waals surface area contributed by atoms with Gasteiger partial charge in [0.05, 0.1) is 11.3 Å². The van der Waals surface area contributed by atoms with Crippen molar-refractivity contribution in [3.8, 4) is 0 Å². The largest absolute Gasteiger partial charge is 0.398 e. The molecule has 0 unspecified atom stereocenters. The maximum absolute atomic E-state index is 12.4. The Balaban J connectivity index is 2.19. The Labute approximate surface area is 140 Å². The van der Waals surface area contributed by atoms with Crippen LogP contribution in [0.3, 0.4) is 0 Å². The molecular weight excluding hydrogens is 428 g/mol. The number of rotatable bonds is 4. The Hall–Kier alpha value is -0.190. The lowest BCUT2D eigenvalue weighted by molar-refractivity contribution is -0.0588. The predicted molar refractivity (Wildman–Crippen MR) is 86.4 cm³/mol. The summed E-state index contributed by atoms with van der Waals surface area (Å²) in [5, 5.41) is 10.3. The summed E-state index contributed by atoms with van der Waals surface area (Å²) in [5.74, 6) is 0. The van der Waals surface area contributed by atoms with Gasteiger partial charge < -0.3 is 15.6 Å². The highest BCUT2D eigenvalue weighted by atomic mass is 79.9. The minimum Gasteiger partial charge on any atom is -0.398 e. The summed E-state index contributed by atoms with van der Waals surface area (Å²) >= 11 is 6.45. The number of ether oxygens (including phenoxy) is 1. The Morgan fingerprint density at radius 1 is 1.33 bits per heavy atom.